The Hall–Kier alpha value is -2.30. The fraction of sp³-hybridized carbons (Fsp3) is 0.286. The number of aromatic nitrogens is 2. The molecule has 5 nitrogen and oxygen atoms in total. The second kappa shape index (κ2) is 5.56. The molecule has 0 aliphatic heterocycles. The van der Waals surface area contributed by atoms with Gasteiger partial charge in [0.05, 0.1) is 11.8 Å². The number of rotatable bonds is 4. The molecule has 0 aliphatic rings. The Morgan fingerprint density at radius 2 is 2.16 bits per heavy atom. The van der Waals surface area contributed by atoms with Gasteiger partial charge in [-0.15, -0.1) is 0 Å². The van der Waals surface area contributed by atoms with Crippen LogP contribution in [0.15, 0.2) is 24.4 Å². The lowest BCUT2D eigenvalue weighted by molar-refractivity contribution is 0.0951. The van der Waals surface area contributed by atoms with Gasteiger partial charge in [0.15, 0.2) is 0 Å². The minimum absolute atomic E-state index is 0.0892. The molecule has 0 atom stereocenters. The number of aromatic amines is 1. The van der Waals surface area contributed by atoms with Gasteiger partial charge in [-0.25, -0.2) is 0 Å². The summed E-state index contributed by atoms with van der Waals surface area (Å²) in [7, 11) is 1.81. The standard InChI is InChI=1S/C14H18N4O/c1-9-4-5-13(15-3)12(6-9)14(19)16-7-11-8-17-18-10(11)2/h4-6,8,15H,7H2,1-3H3,(H,16,19)(H,17,18). The van der Waals surface area contributed by atoms with Gasteiger partial charge in [-0.2, -0.15) is 5.10 Å². The number of nitrogens with zero attached hydrogens (tertiary/aromatic N) is 1. The summed E-state index contributed by atoms with van der Waals surface area (Å²) >= 11 is 0. The van der Waals surface area contributed by atoms with Crippen molar-refractivity contribution in [2.24, 2.45) is 0 Å². The molecule has 5 heteroatoms. The average Bonchev–Trinajstić information content (AvgIpc) is 2.81. The number of carbonyl (C=O) groups excluding carboxylic acids is 1. The van der Waals surface area contributed by atoms with Crippen molar-refractivity contribution in [2.45, 2.75) is 20.4 Å². The Bertz CT molecular complexity index is 589. The normalized spacial score (nSPS) is 10.3. The van der Waals surface area contributed by atoms with Gasteiger partial charge < -0.3 is 10.6 Å². The first-order valence-electron chi connectivity index (χ1n) is 6.17. The third kappa shape index (κ3) is 2.93. The molecule has 100 valence electrons. The highest BCUT2D eigenvalue weighted by Gasteiger charge is 2.11. The predicted molar refractivity (Wildman–Crippen MR) is 75.2 cm³/mol. The summed E-state index contributed by atoms with van der Waals surface area (Å²) in [5.41, 5.74) is 4.50. The van der Waals surface area contributed by atoms with E-state index in [1.165, 1.54) is 0 Å². The largest absolute Gasteiger partial charge is 0.387 e. The summed E-state index contributed by atoms with van der Waals surface area (Å²) < 4.78 is 0. The van der Waals surface area contributed by atoms with Gasteiger partial charge >= 0.3 is 0 Å². The Labute approximate surface area is 112 Å². The zero-order chi connectivity index (χ0) is 13.8. The number of benzene rings is 1. The first-order valence-corrected chi connectivity index (χ1v) is 6.17. The molecule has 3 N–H and O–H groups in total. The number of amides is 1. The maximum Gasteiger partial charge on any atom is 0.253 e. The van der Waals surface area contributed by atoms with E-state index in [4.69, 9.17) is 0 Å². The van der Waals surface area contributed by atoms with Crippen LogP contribution in [0.1, 0.15) is 27.2 Å². The second-order valence-corrected chi connectivity index (χ2v) is 4.50. The van der Waals surface area contributed by atoms with Crippen LogP contribution in [-0.2, 0) is 6.54 Å². The first-order chi connectivity index (χ1) is 9.11. The van der Waals surface area contributed by atoms with E-state index >= 15 is 0 Å². The number of aryl methyl sites for hydroxylation is 2. The van der Waals surface area contributed by atoms with Crippen LogP contribution in [0.25, 0.3) is 0 Å². The molecule has 0 radical (unpaired) electrons. The molecule has 0 fully saturated rings. The van der Waals surface area contributed by atoms with E-state index in [0.29, 0.717) is 12.1 Å². The fourth-order valence-corrected chi connectivity index (χ4v) is 1.89. The lowest BCUT2D eigenvalue weighted by Gasteiger charge is -2.10. The molecule has 2 rings (SSSR count). The van der Waals surface area contributed by atoms with E-state index in [-0.39, 0.29) is 5.91 Å². The van der Waals surface area contributed by atoms with Crippen molar-refractivity contribution in [1.29, 1.82) is 0 Å². The number of H-pyrrole nitrogens is 1. The molecular formula is C14H18N4O. The molecule has 19 heavy (non-hydrogen) atoms. The van der Waals surface area contributed by atoms with Crippen molar-refractivity contribution in [3.63, 3.8) is 0 Å². The predicted octanol–water partition coefficient (Wildman–Crippen LogP) is 2.00. The lowest BCUT2D eigenvalue weighted by atomic mass is 10.1. The average molecular weight is 258 g/mol. The van der Waals surface area contributed by atoms with Gasteiger partial charge in [-0.1, -0.05) is 11.6 Å². The zero-order valence-corrected chi connectivity index (χ0v) is 11.4. The van der Waals surface area contributed by atoms with Gasteiger partial charge in [-0.3, -0.25) is 9.89 Å². The van der Waals surface area contributed by atoms with Crippen molar-refractivity contribution in [3.8, 4) is 0 Å². The van der Waals surface area contributed by atoms with Crippen LogP contribution in [0.3, 0.4) is 0 Å². The summed E-state index contributed by atoms with van der Waals surface area (Å²) in [5, 5.41) is 12.7. The minimum atomic E-state index is -0.0892. The minimum Gasteiger partial charge on any atom is -0.387 e. The number of hydrogen-bond donors (Lipinski definition) is 3. The van der Waals surface area contributed by atoms with E-state index in [1.54, 1.807) is 6.20 Å². The van der Waals surface area contributed by atoms with Gasteiger partial charge in [0.25, 0.3) is 5.91 Å². The van der Waals surface area contributed by atoms with E-state index in [0.717, 1.165) is 22.5 Å². The maximum atomic E-state index is 12.2. The Morgan fingerprint density at radius 1 is 1.37 bits per heavy atom. The molecule has 0 unspecified atom stereocenters. The number of hydrogen-bond acceptors (Lipinski definition) is 3. The van der Waals surface area contributed by atoms with Crippen molar-refractivity contribution >= 4 is 11.6 Å². The van der Waals surface area contributed by atoms with Gasteiger partial charge in [0, 0.05) is 30.5 Å². The van der Waals surface area contributed by atoms with Crippen LogP contribution in [-0.4, -0.2) is 23.2 Å². The van der Waals surface area contributed by atoms with Crippen LogP contribution in [0.2, 0.25) is 0 Å². The quantitative estimate of drug-likeness (QED) is 0.785. The molecule has 1 amide bonds. The summed E-state index contributed by atoms with van der Waals surface area (Å²) in [6, 6.07) is 5.76. The highest BCUT2D eigenvalue weighted by atomic mass is 16.1. The van der Waals surface area contributed by atoms with Crippen LogP contribution in [0.4, 0.5) is 5.69 Å². The highest BCUT2D eigenvalue weighted by Crippen LogP contribution is 2.16. The van der Waals surface area contributed by atoms with Gasteiger partial charge in [0.2, 0.25) is 0 Å². The molecule has 0 saturated heterocycles. The topological polar surface area (TPSA) is 69.8 Å². The van der Waals surface area contributed by atoms with E-state index in [1.807, 2.05) is 39.1 Å². The van der Waals surface area contributed by atoms with Crippen molar-refractivity contribution in [1.82, 2.24) is 15.5 Å². The molecule has 0 saturated carbocycles. The SMILES string of the molecule is CNc1ccc(C)cc1C(=O)NCc1cn[nH]c1C. The number of carbonyl (C=O) groups is 1. The van der Waals surface area contributed by atoms with Crippen molar-refractivity contribution < 1.29 is 4.79 Å². The highest BCUT2D eigenvalue weighted by molar-refractivity contribution is 5.99. The molecule has 1 aromatic heterocycles. The Morgan fingerprint density at radius 3 is 2.79 bits per heavy atom. The summed E-state index contributed by atoms with van der Waals surface area (Å²) in [6.07, 6.45) is 1.73. The third-order valence-corrected chi connectivity index (χ3v) is 3.06. The van der Waals surface area contributed by atoms with Crippen LogP contribution >= 0.6 is 0 Å². The summed E-state index contributed by atoms with van der Waals surface area (Å²) in [4.78, 5) is 12.2. The summed E-state index contributed by atoms with van der Waals surface area (Å²) in [6.45, 7) is 4.37. The first kappa shape index (κ1) is 13.1. The molecule has 0 bridgehead atoms. The van der Waals surface area contributed by atoms with Crippen LogP contribution < -0.4 is 10.6 Å². The van der Waals surface area contributed by atoms with Gasteiger partial charge in [-0.05, 0) is 26.0 Å². The molecule has 1 heterocycles. The fourth-order valence-electron chi connectivity index (χ4n) is 1.89. The molecular weight excluding hydrogens is 240 g/mol. The Kier molecular flexibility index (Phi) is 3.85. The molecule has 0 aliphatic carbocycles. The van der Waals surface area contributed by atoms with E-state index in [9.17, 15) is 4.79 Å². The van der Waals surface area contributed by atoms with E-state index in [2.05, 4.69) is 20.8 Å². The summed E-state index contributed by atoms with van der Waals surface area (Å²) in [5.74, 6) is -0.0892. The molecule has 2 aromatic rings. The lowest BCUT2D eigenvalue weighted by Crippen LogP contribution is -2.24. The van der Waals surface area contributed by atoms with Crippen LogP contribution in [0, 0.1) is 13.8 Å². The molecule has 1 aromatic carbocycles. The van der Waals surface area contributed by atoms with Crippen molar-refractivity contribution in [2.75, 3.05) is 12.4 Å². The van der Waals surface area contributed by atoms with Gasteiger partial charge in [0.1, 0.15) is 0 Å². The van der Waals surface area contributed by atoms with Crippen LogP contribution in [0.5, 0.6) is 0 Å². The maximum absolute atomic E-state index is 12.2. The molecule has 0 spiro atoms. The monoisotopic (exact) mass is 258 g/mol. The van der Waals surface area contributed by atoms with E-state index < -0.39 is 0 Å². The second-order valence-electron chi connectivity index (χ2n) is 4.50. The Balaban J connectivity index is 2.12. The smallest absolute Gasteiger partial charge is 0.253 e. The van der Waals surface area contributed by atoms with Crippen molar-refractivity contribution in [3.05, 3.63) is 46.8 Å². The number of nitrogens with one attached hydrogen (secondary N) is 3. The zero-order valence-electron chi connectivity index (χ0n) is 11.4. The number of anilines is 1. The third-order valence-electron chi connectivity index (χ3n) is 3.06.